The molecule has 1 heterocycles. The molecule has 2 heteroatoms. The molecule has 106 valence electrons. The molecule has 4 atom stereocenters. The number of nitrogens with one attached hydrogen (secondary N) is 2. The largest absolute Gasteiger partial charge is 0.314 e. The summed E-state index contributed by atoms with van der Waals surface area (Å²) >= 11 is 0. The quantitative estimate of drug-likeness (QED) is 0.749. The van der Waals surface area contributed by atoms with Crippen molar-refractivity contribution in [2.75, 3.05) is 6.54 Å². The van der Waals surface area contributed by atoms with E-state index in [2.05, 4.69) is 24.5 Å². The summed E-state index contributed by atoms with van der Waals surface area (Å²) in [6.07, 6.45) is 12.6. The van der Waals surface area contributed by atoms with Gasteiger partial charge in [0.1, 0.15) is 0 Å². The summed E-state index contributed by atoms with van der Waals surface area (Å²) in [5.74, 6) is 0.951. The zero-order chi connectivity index (χ0) is 12.8. The maximum Gasteiger partial charge on any atom is 0.00817 e. The molecule has 0 aromatic heterocycles. The Morgan fingerprint density at radius 2 is 1.94 bits per heavy atom. The molecular weight excluding hydrogens is 220 g/mol. The second-order valence-corrected chi connectivity index (χ2v) is 6.76. The minimum atomic E-state index is 0.680. The van der Waals surface area contributed by atoms with E-state index >= 15 is 0 Å². The lowest BCUT2D eigenvalue weighted by Crippen LogP contribution is -2.43. The van der Waals surface area contributed by atoms with Crippen LogP contribution in [-0.2, 0) is 0 Å². The van der Waals surface area contributed by atoms with Gasteiger partial charge in [0.15, 0.2) is 0 Å². The molecule has 2 nitrogen and oxygen atoms in total. The van der Waals surface area contributed by atoms with Gasteiger partial charge in [-0.2, -0.15) is 0 Å². The van der Waals surface area contributed by atoms with Crippen molar-refractivity contribution in [3.63, 3.8) is 0 Å². The average Bonchev–Trinajstić information content (AvgIpc) is 2.56. The molecule has 0 radical (unpaired) electrons. The molecule has 0 aromatic rings. The first kappa shape index (κ1) is 14.3. The SMILES string of the molecule is CC1CCCC(NC(C)CC2CCCCN2)CC1. The Morgan fingerprint density at radius 3 is 2.72 bits per heavy atom. The zero-order valence-corrected chi connectivity index (χ0v) is 12.4. The van der Waals surface area contributed by atoms with Gasteiger partial charge >= 0.3 is 0 Å². The molecule has 0 spiro atoms. The van der Waals surface area contributed by atoms with Crippen LogP contribution in [0.15, 0.2) is 0 Å². The predicted molar refractivity (Wildman–Crippen MR) is 78.9 cm³/mol. The molecule has 1 saturated heterocycles. The van der Waals surface area contributed by atoms with Crippen LogP contribution in [0.25, 0.3) is 0 Å². The van der Waals surface area contributed by atoms with Crippen LogP contribution in [0.3, 0.4) is 0 Å². The normalized spacial score (nSPS) is 36.0. The van der Waals surface area contributed by atoms with E-state index in [0.29, 0.717) is 6.04 Å². The van der Waals surface area contributed by atoms with E-state index in [0.717, 1.165) is 18.0 Å². The van der Waals surface area contributed by atoms with Crippen molar-refractivity contribution in [2.45, 2.75) is 89.8 Å². The molecule has 4 unspecified atom stereocenters. The maximum absolute atomic E-state index is 3.89. The van der Waals surface area contributed by atoms with E-state index in [4.69, 9.17) is 0 Å². The van der Waals surface area contributed by atoms with Gasteiger partial charge < -0.3 is 10.6 Å². The Balaban J connectivity index is 1.67. The Labute approximate surface area is 113 Å². The Morgan fingerprint density at radius 1 is 1.06 bits per heavy atom. The molecule has 1 saturated carbocycles. The van der Waals surface area contributed by atoms with Crippen molar-refractivity contribution in [1.82, 2.24) is 10.6 Å². The predicted octanol–water partition coefficient (Wildman–Crippen LogP) is 3.47. The number of rotatable bonds is 4. The van der Waals surface area contributed by atoms with Crippen molar-refractivity contribution >= 4 is 0 Å². The highest BCUT2D eigenvalue weighted by Gasteiger charge is 2.20. The van der Waals surface area contributed by atoms with Gasteiger partial charge in [0.05, 0.1) is 0 Å². The Kier molecular flexibility index (Phi) is 5.97. The highest BCUT2D eigenvalue weighted by atomic mass is 15.0. The van der Waals surface area contributed by atoms with Gasteiger partial charge in [-0.1, -0.05) is 26.2 Å². The molecule has 1 aliphatic carbocycles. The zero-order valence-electron chi connectivity index (χ0n) is 12.4. The summed E-state index contributed by atoms with van der Waals surface area (Å²) in [7, 11) is 0. The topological polar surface area (TPSA) is 24.1 Å². The minimum absolute atomic E-state index is 0.680. The highest BCUT2D eigenvalue weighted by Crippen LogP contribution is 2.23. The third-order valence-corrected chi connectivity index (χ3v) is 4.83. The van der Waals surface area contributed by atoms with Gasteiger partial charge in [-0.05, 0) is 57.9 Å². The molecule has 2 aliphatic rings. The smallest absolute Gasteiger partial charge is 0.00817 e. The summed E-state index contributed by atoms with van der Waals surface area (Å²) in [6, 6.07) is 2.23. The first-order valence-corrected chi connectivity index (χ1v) is 8.23. The lowest BCUT2D eigenvalue weighted by molar-refractivity contribution is 0.319. The van der Waals surface area contributed by atoms with E-state index in [1.807, 2.05) is 0 Å². The van der Waals surface area contributed by atoms with E-state index in [9.17, 15) is 0 Å². The molecule has 0 bridgehead atoms. The molecule has 2 rings (SSSR count). The van der Waals surface area contributed by atoms with Crippen LogP contribution in [-0.4, -0.2) is 24.7 Å². The van der Waals surface area contributed by atoms with Gasteiger partial charge in [-0.25, -0.2) is 0 Å². The molecule has 2 fully saturated rings. The molecule has 2 N–H and O–H groups in total. The molecule has 0 amide bonds. The van der Waals surface area contributed by atoms with Gasteiger partial charge in [-0.15, -0.1) is 0 Å². The van der Waals surface area contributed by atoms with Crippen LogP contribution >= 0.6 is 0 Å². The van der Waals surface area contributed by atoms with Crippen LogP contribution in [0.1, 0.15) is 71.6 Å². The standard InChI is InChI=1S/C16H32N2/c1-13-6-5-8-15(10-9-13)18-14(2)12-16-7-3-4-11-17-16/h13-18H,3-12H2,1-2H3. The minimum Gasteiger partial charge on any atom is -0.314 e. The first-order valence-electron chi connectivity index (χ1n) is 8.23. The second-order valence-electron chi connectivity index (χ2n) is 6.76. The number of piperidine rings is 1. The first-order chi connectivity index (χ1) is 8.74. The van der Waals surface area contributed by atoms with Crippen molar-refractivity contribution in [2.24, 2.45) is 5.92 Å². The lowest BCUT2D eigenvalue weighted by Gasteiger charge is -2.29. The van der Waals surface area contributed by atoms with Crippen LogP contribution in [0, 0.1) is 5.92 Å². The van der Waals surface area contributed by atoms with Crippen molar-refractivity contribution in [3.8, 4) is 0 Å². The lowest BCUT2D eigenvalue weighted by atomic mass is 9.97. The summed E-state index contributed by atoms with van der Waals surface area (Å²) in [4.78, 5) is 0. The summed E-state index contributed by atoms with van der Waals surface area (Å²) in [5, 5.41) is 7.55. The fourth-order valence-electron chi connectivity index (χ4n) is 3.68. The fourth-order valence-corrected chi connectivity index (χ4v) is 3.68. The molecule has 18 heavy (non-hydrogen) atoms. The van der Waals surface area contributed by atoms with Crippen LogP contribution < -0.4 is 10.6 Å². The van der Waals surface area contributed by atoms with Crippen molar-refractivity contribution in [1.29, 1.82) is 0 Å². The van der Waals surface area contributed by atoms with E-state index in [-0.39, 0.29) is 0 Å². The monoisotopic (exact) mass is 252 g/mol. The summed E-state index contributed by atoms with van der Waals surface area (Å²) in [6.45, 7) is 6.03. The van der Waals surface area contributed by atoms with Crippen LogP contribution in [0.5, 0.6) is 0 Å². The summed E-state index contributed by atoms with van der Waals surface area (Å²) < 4.78 is 0. The second kappa shape index (κ2) is 7.49. The van der Waals surface area contributed by atoms with Crippen LogP contribution in [0.4, 0.5) is 0 Å². The highest BCUT2D eigenvalue weighted by molar-refractivity contribution is 4.81. The molecule has 0 aromatic carbocycles. The number of hydrogen-bond donors (Lipinski definition) is 2. The average molecular weight is 252 g/mol. The van der Waals surface area contributed by atoms with Crippen molar-refractivity contribution < 1.29 is 0 Å². The third-order valence-electron chi connectivity index (χ3n) is 4.83. The van der Waals surface area contributed by atoms with Gasteiger partial charge in [0.25, 0.3) is 0 Å². The van der Waals surface area contributed by atoms with E-state index < -0.39 is 0 Å². The van der Waals surface area contributed by atoms with Gasteiger partial charge in [0, 0.05) is 18.1 Å². The van der Waals surface area contributed by atoms with Gasteiger partial charge in [-0.3, -0.25) is 0 Å². The van der Waals surface area contributed by atoms with Crippen LogP contribution in [0.2, 0.25) is 0 Å². The Bertz CT molecular complexity index is 223. The number of hydrogen-bond acceptors (Lipinski definition) is 2. The van der Waals surface area contributed by atoms with E-state index in [1.165, 1.54) is 64.3 Å². The molecular formula is C16H32N2. The van der Waals surface area contributed by atoms with Crippen molar-refractivity contribution in [3.05, 3.63) is 0 Å². The third kappa shape index (κ3) is 4.89. The van der Waals surface area contributed by atoms with Gasteiger partial charge in [0.2, 0.25) is 0 Å². The van der Waals surface area contributed by atoms with E-state index in [1.54, 1.807) is 0 Å². The molecule has 1 aliphatic heterocycles. The maximum atomic E-state index is 3.89. The Hall–Kier alpha value is -0.0800. The fraction of sp³-hybridized carbons (Fsp3) is 1.00. The summed E-state index contributed by atoms with van der Waals surface area (Å²) in [5.41, 5.74) is 0.